The second-order valence-electron chi connectivity index (χ2n) is 10.8. The average molecular weight is 597 g/mol. The zero-order valence-electron chi connectivity index (χ0n) is 22.2. The van der Waals surface area contributed by atoms with Crippen molar-refractivity contribution >= 4 is 39.6 Å². The molecule has 4 aliphatic heterocycles. The first-order valence-corrected chi connectivity index (χ1v) is 14.3. The second-order valence-corrected chi connectivity index (χ2v) is 11.7. The Bertz CT molecular complexity index is 1010. The highest BCUT2D eigenvalue weighted by Gasteiger charge is 2.74. The van der Waals surface area contributed by atoms with Crippen LogP contribution in [0.4, 0.5) is 0 Å². The number of allylic oxidation sites excluding steroid dienone is 1. The number of carbonyl (C=O) groups excluding carboxylic acids is 4. The van der Waals surface area contributed by atoms with Crippen molar-refractivity contribution in [3.8, 4) is 0 Å². The number of likely N-dealkylation sites (tertiary alicyclic amines) is 1. The lowest BCUT2D eigenvalue weighted by Gasteiger charge is -2.37. The standard InChI is InChI=1S/C27H38BrN3O7/c1-16(2)30-11-7-4-6-10-19(33)29-15-17(3)37-26(36)20-21-24(34)31(12-8-5-9-13-32)23(25(30)35)27(21)14-18(28)22(20)38-27/h4,7,14,16-17,20-23,32H,5-6,8-13,15H2,1-3H3,(H,29,33)/b7-4-/t17-,20+,21-,22+,23+,27-/m0/s1. The second kappa shape index (κ2) is 11.9. The third kappa shape index (κ3) is 5.29. The van der Waals surface area contributed by atoms with Crippen LogP contribution in [0, 0.1) is 11.8 Å². The van der Waals surface area contributed by atoms with E-state index in [1.54, 1.807) is 22.8 Å². The first-order valence-electron chi connectivity index (χ1n) is 13.5. The number of nitrogens with zero attached hydrogens (tertiary/aromatic N) is 2. The monoisotopic (exact) mass is 595 g/mol. The van der Waals surface area contributed by atoms with Gasteiger partial charge in [0.2, 0.25) is 17.7 Å². The minimum absolute atomic E-state index is 0.0589. The molecule has 2 saturated heterocycles. The van der Waals surface area contributed by atoms with E-state index >= 15 is 0 Å². The van der Waals surface area contributed by atoms with Crippen molar-refractivity contribution in [1.29, 1.82) is 0 Å². The summed E-state index contributed by atoms with van der Waals surface area (Å²) in [4.78, 5) is 57.2. The van der Waals surface area contributed by atoms with Crippen molar-refractivity contribution in [2.45, 2.75) is 82.8 Å². The van der Waals surface area contributed by atoms with Gasteiger partial charge in [-0.05, 0) is 52.5 Å². The summed E-state index contributed by atoms with van der Waals surface area (Å²) < 4.78 is 12.8. The lowest BCUT2D eigenvalue weighted by atomic mass is 9.74. The smallest absolute Gasteiger partial charge is 0.313 e. The molecule has 0 aliphatic carbocycles. The quantitative estimate of drug-likeness (QED) is 0.272. The Hall–Kier alpha value is -2.24. The number of amides is 3. The normalized spacial score (nSPS) is 34.9. The van der Waals surface area contributed by atoms with Crippen molar-refractivity contribution in [3.63, 3.8) is 0 Å². The number of cyclic esters (lactones) is 1. The summed E-state index contributed by atoms with van der Waals surface area (Å²) in [7, 11) is 0. The first-order chi connectivity index (χ1) is 18.1. The summed E-state index contributed by atoms with van der Waals surface area (Å²) in [5.74, 6) is -3.09. The molecule has 210 valence electrons. The van der Waals surface area contributed by atoms with Gasteiger partial charge in [-0.3, -0.25) is 19.2 Å². The summed E-state index contributed by atoms with van der Waals surface area (Å²) in [6.45, 7) is 6.38. The van der Waals surface area contributed by atoms with E-state index in [4.69, 9.17) is 9.47 Å². The molecule has 10 nitrogen and oxygen atoms in total. The van der Waals surface area contributed by atoms with Crippen molar-refractivity contribution in [3.05, 3.63) is 22.7 Å². The molecular weight excluding hydrogens is 558 g/mol. The number of halogens is 1. The number of fused-ring (bicyclic) bond motifs is 2. The molecule has 0 unspecified atom stereocenters. The number of aliphatic hydroxyl groups excluding tert-OH is 1. The van der Waals surface area contributed by atoms with Crippen LogP contribution in [0.2, 0.25) is 0 Å². The van der Waals surface area contributed by atoms with Crippen LogP contribution in [0.15, 0.2) is 22.7 Å². The van der Waals surface area contributed by atoms with Crippen molar-refractivity contribution in [2.24, 2.45) is 11.8 Å². The Kier molecular flexibility index (Phi) is 8.99. The lowest BCUT2D eigenvalue weighted by molar-refractivity contribution is -0.158. The fourth-order valence-corrected chi connectivity index (χ4v) is 6.71. The Morgan fingerprint density at radius 1 is 1.16 bits per heavy atom. The molecule has 4 rings (SSSR count). The van der Waals surface area contributed by atoms with E-state index < -0.39 is 41.7 Å². The third-order valence-corrected chi connectivity index (χ3v) is 8.49. The molecule has 0 aromatic carbocycles. The first kappa shape index (κ1) is 28.8. The van der Waals surface area contributed by atoms with Crippen molar-refractivity contribution < 1.29 is 33.8 Å². The van der Waals surface area contributed by atoms with Crippen molar-refractivity contribution in [2.75, 3.05) is 26.2 Å². The van der Waals surface area contributed by atoms with E-state index in [1.807, 2.05) is 26.0 Å². The topological polar surface area (TPSA) is 125 Å². The maximum Gasteiger partial charge on any atom is 0.313 e. The van der Waals surface area contributed by atoms with Crippen LogP contribution >= 0.6 is 15.9 Å². The van der Waals surface area contributed by atoms with E-state index in [2.05, 4.69) is 21.2 Å². The largest absolute Gasteiger partial charge is 0.460 e. The number of unbranched alkanes of at least 4 members (excludes halogenated alkanes) is 2. The number of esters is 1. The van der Waals surface area contributed by atoms with Crippen LogP contribution in [0.25, 0.3) is 0 Å². The highest BCUT2D eigenvalue weighted by atomic mass is 79.9. The van der Waals surface area contributed by atoms with Gasteiger partial charge in [0.05, 0.1) is 12.5 Å². The molecule has 6 atom stereocenters. The average Bonchev–Trinajstić information content (AvgIpc) is 3.45. The van der Waals surface area contributed by atoms with Gasteiger partial charge in [-0.15, -0.1) is 0 Å². The molecule has 1 spiro atoms. The molecule has 3 amide bonds. The molecule has 5 bridgehead atoms. The fourth-order valence-electron chi connectivity index (χ4n) is 5.97. The maximum atomic E-state index is 14.3. The number of rotatable bonds is 6. The molecule has 11 heteroatoms. The van der Waals surface area contributed by atoms with E-state index in [9.17, 15) is 24.3 Å². The molecule has 4 heterocycles. The molecule has 0 radical (unpaired) electrons. The highest BCUT2D eigenvalue weighted by Crippen LogP contribution is 2.59. The van der Waals surface area contributed by atoms with Crippen LogP contribution < -0.4 is 5.32 Å². The zero-order chi connectivity index (χ0) is 27.6. The van der Waals surface area contributed by atoms with Crippen LogP contribution in [0.5, 0.6) is 0 Å². The lowest BCUT2D eigenvalue weighted by Crippen LogP contribution is -2.57. The number of aliphatic hydroxyl groups is 1. The number of nitrogens with one attached hydrogen (secondary N) is 1. The molecule has 38 heavy (non-hydrogen) atoms. The molecular formula is C27H38BrN3O7. The highest BCUT2D eigenvalue weighted by molar-refractivity contribution is 9.11. The van der Waals surface area contributed by atoms with Crippen LogP contribution in [0.1, 0.15) is 52.9 Å². The third-order valence-electron chi connectivity index (χ3n) is 7.81. The van der Waals surface area contributed by atoms with Gasteiger partial charge < -0.3 is 29.7 Å². The predicted octanol–water partition coefficient (Wildman–Crippen LogP) is 1.66. The summed E-state index contributed by atoms with van der Waals surface area (Å²) >= 11 is 3.53. The summed E-state index contributed by atoms with van der Waals surface area (Å²) in [5.41, 5.74) is -1.29. The molecule has 2 fully saturated rings. The number of ether oxygens (including phenoxy) is 2. The minimum atomic E-state index is -1.29. The summed E-state index contributed by atoms with van der Waals surface area (Å²) in [5, 5.41) is 12.0. The van der Waals surface area contributed by atoms with Gasteiger partial charge in [0.15, 0.2) is 0 Å². The van der Waals surface area contributed by atoms with E-state index in [0.29, 0.717) is 43.3 Å². The van der Waals surface area contributed by atoms with E-state index in [-0.39, 0.29) is 43.3 Å². The summed E-state index contributed by atoms with van der Waals surface area (Å²) in [6.07, 6.45) is 6.93. The SMILES string of the molecule is CC(C)N1C/C=C\CCC(=O)NC[C@H](C)OC(=O)[C@H]2[C@@H]3O[C@@]4(C=C3Br)[C@@H]2C(=O)N(CCCCCO)[C@@H]4C1=O. The number of carbonyl (C=O) groups is 4. The molecule has 2 N–H and O–H groups in total. The Morgan fingerprint density at radius 3 is 2.63 bits per heavy atom. The zero-order valence-corrected chi connectivity index (χ0v) is 23.8. The predicted molar refractivity (Wildman–Crippen MR) is 142 cm³/mol. The Labute approximate surface area is 231 Å². The molecule has 0 aromatic rings. The van der Waals surface area contributed by atoms with Crippen LogP contribution in [-0.4, -0.2) is 94.7 Å². The van der Waals surface area contributed by atoms with E-state index in [1.165, 1.54) is 0 Å². The number of hydrogen-bond acceptors (Lipinski definition) is 7. The van der Waals surface area contributed by atoms with Gasteiger partial charge in [0, 0.05) is 36.6 Å². The van der Waals surface area contributed by atoms with Gasteiger partial charge in [-0.1, -0.05) is 28.1 Å². The Morgan fingerprint density at radius 2 is 1.92 bits per heavy atom. The fraction of sp³-hybridized carbons (Fsp3) is 0.704. The molecule has 4 aliphatic rings. The minimum Gasteiger partial charge on any atom is -0.460 e. The van der Waals surface area contributed by atoms with Gasteiger partial charge in [0.25, 0.3) is 0 Å². The summed E-state index contributed by atoms with van der Waals surface area (Å²) in [6, 6.07) is -1.09. The molecule has 0 aromatic heterocycles. The Balaban J connectivity index is 1.75. The van der Waals surface area contributed by atoms with Gasteiger partial charge in [0.1, 0.15) is 29.8 Å². The molecule has 0 saturated carbocycles. The van der Waals surface area contributed by atoms with Gasteiger partial charge in [-0.2, -0.15) is 0 Å². The van der Waals surface area contributed by atoms with E-state index in [0.717, 1.165) is 0 Å². The number of hydrogen-bond donors (Lipinski definition) is 2. The maximum absolute atomic E-state index is 14.3. The van der Waals surface area contributed by atoms with Crippen molar-refractivity contribution in [1.82, 2.24) is 15.1 Å². The van der Waals surface area contributed by atoms with Crippen LogP contribution in [0.3, 0.4) is 0 Å². The van der Waals surface area contributed by atoms with Gasteiger partial charge in [-0.25, -0.2) is 0 Å². The van der Waals surface area contributed by atoms with Crippen LogP contribution in [-0.2, 0) is 28.7 Å². The van der Waals surface area contributed by atoms with Gasteiger partial charge >= 0.3 is 5.97 Å².